The molecule has 0 aliphatic carbocycles. The molecular weight excluding hydrogens is 407 g/mol. The van der Waals surface area contributed by atoms with Crippen LogP contribution >= 0.6 is 22.6 Å². The highest BCUT2D eigenvalue weighted by Gasteiger charge is 2.32. The largest absolute Gasteiger partial charge is 0.444 e. The van der Waals surface area contributed by atoms with Gasteiger partial charge in [-0.05, 0) is 80.5 Å². The average Bonchev–Trinajstić information content (AvgIpc) is 2.92. The maximum Gasteiger partial charge on any atom is 0.410 e. The van der Waals surface area contributed by atoms with Gasteiger partial charge in [-0.15, -0.1) is 0 Å². The van der Waals surface area contributed by atoms with Gasteiger partial charge in [0.15, 0.2) is 0 Å². The van der Waals surface area contributed by atoms with Gasteiger partial charge in [0.05, 0.1) is 6.04 Å². The molecule has 0 aromatic heterocycles. The number of carbonyl (C=O) groups excluding carboxylic acids is 2. The topological polar surface area (TPSA) is 58.6 Å². The third-order valence-corrected chi connectivity index (χ3v) is 4.33. The molecule has 2 rings (SSSR count). The first-order chi connectivity index (χ1) is 10.8. The lowest BCUT2D eigenvalue weighted by atomic mass is 10.2. The Balaban J connectivity index is 1.90. The summed E-state index contributed by atoms with van der Waals surface area (Å²) < 4.78 is 6.52. The molecule has 23 heavy (non-hydrogen) atoms. The first-order valence-electron chi connectivity index (χ1n) is 7.79. The summed E-state index contributed by atoms with van der Waals surface area (Å²) >= 11 is 2.20. The second-order valence-electron chi connectivity index (χ2n) is 6.69. The van der Waals surface area contributed by atoms with Crippen LogP contribution in [0.2, 0.25) is 0 Å². The minimum atomic E-state index is -0.505. The standard InChI is InChI=1S/C17H23IN2O3/c1-17(2,3)23-16(22)20-10-4-5-14(20)11-19-15(21)12-6-8-13(18)9-7-12/h6-9,14H,4-5,10-11H2,1-3H3,(H,19,21). The van der Waals surface area contributed by atoms with Crippen LogP contribution < -0.4 is 5.32 Å². The van der Waals surface area contributed by atoms with Crippen LogP contribution in [-0.4, -0.2) is 41.6 Å². The predicted octanol–water partition coefficient (Wildman–Crippen LogP) is 3.42. The van der Waals surface area contributed by atoms with Crippen LogP contribution in [0.5, 0.6) is 0 Å². The summed E-state index contributed by atoms with van der Waals surface area (Å²) in [6, 6.07) is 7.41. The molecule has 0 saturated carbocycles. The van der Waals surface area contributed by atoms with E-state index in [0.717, 1.165) is 16.4 Å². The van der Waals surface area contributed by atoms with E-state index in [1.807, 2.05) is 32.9 Å². The molecule has 1 heterocycles. The first-order valence-corrected chi connectivity index (χ1v) is 8.87. The molecule has 1 aliphatic heterocycles. The van der Waals surface area contributed by atoms with Crippen LogP contribution in [0.3, 0.4) is 0 Å². The second-order valence-corrected chi connectivity index (χ2v) is 7.93. The molecule has 1 aromatic rings. The zero-order chi connectivity index (χ0) is 17.0. The van der Waals surface area contributed by atoms with Crippen molar-refractivity contribution in [2.24, 2.45) is 0 Å². The molecule has 0 spiro atoms. The van der Waals surface area contributed by atoms with E-state index >= 15 is 0 Å². The molecule has 1 N–H and O–H groups in total. The van der Waals surface area contributed by atoms with Crippen molar-refractivity contribution >= 4 is 34.6 Å². The number of ether oxygens (including phenoxy) is 1. The Bertz CT molecular complexity index is 566. The van der Waals surface area contributed by atoms with Crippen molar-refractivity contribution in [2.75, 3.05) is 13.1 Å². The van der Waals surface area contributed by atoms with E-state index in [4.69, 9.17) is 4.74 Å². The summed E-state index contributed by atoms with van der Waals surface area (Å²) in [6.45, 7) is 6.70. The number of likely N-dealkylation sites (tertiary alicyclic amines) is 1. The van der Waals surface area contributed by atoms with Gasteiger partial charge < -0.3 is 15.0 Å². The van der Waals surface area contributed by atoms with Gasteiger partial charge in [-0.25, -0.2) is 4.79 Å². The Labute approximate surface area is 150 Å². The van der Waals surface area contributed by atoms with Crippen molar-refractivity contribution in [3.05, 3.63) is 33.4 Å². The number of carbonyl (C=O) groups is 2. The number of hydrogen-bond acceptors (Lipinski definition) is 3. The maximum atomic E-state index is 12.2. The molecule has 1 unspecified atom stereocenters. The maximum absolute atomic E-state index is 12.2. The zero-order valence-corrected chi connectivity index (χ0v) is 15.9. The van der Waals surface area contributed by atoms with Crippen molar-refractivity contribution in [3.63, 3.8) is 0 Å². The average molecular weight is 430 g/mol. The molecule has 1 saturated heterocycles. The molecule has 5 nitrogen and oxygen atoms in total. The highest BCUT2D eigenvalue weighted by molar-refractivity contribution is 14.1. The summed E-state index contributed by atoms with van der Waals surface area (Å²) in [7, 11) is 0. The lowest BCUT2D eigenvalue weighted by molar-refractivity contribution is 0.0225. The number of nitrogens with zero attached hydrogens (tertiary/aromatic N) is 1. The lowest BCUT2D eigenvalue weighted by Crippen LogP contribution is -2.45. The monoisotopic (exact) mass is 430 g/mol. The van der Waals surface area contributed by atoms with E-state index in [-0.39, 0.29) is 18.0 Å². The van der Waals surface area contributed by atoms with Crippen LogP contribution in [0.1, 0.15) is 44.0 Å². The van der Waals surface area contributed by atoms with Gasteiger partial charge in [0.2, 0.25) is 0 Å². The first kappa shape index (κ1) is 18.0. The fourth-order valence-electron chi connectivity index (χ4n) is 2.52. The zero-order valence-electron chi connectivity index (χ0n) is 13.8. The van der Waals surface area contributed by atoms with Gasteiger partial charge >= 0.3 is 6.09 Å². The summed E-state index contributed by atoms with van der Waals surface area (Å²) in [6.07, 6.45) is 1.51. The van der Waals surface area contributed by atoms with Crippen LogP contribution in [0, 0.1) is 3.57 Å². The van der Waals surface area contributed by atoms with Crippen molar-refractivity contribution in [2.45, 2.75) is 45.3 Å². The molecule has 0 radical (unpaired) electrons. The molecule has 1 aromatic carbocycles. The van der Waals surface area contributed by atoms with Crippen LogP contribution in [0.15, 0.2) is 24.3 Å². The number of amides is 2. The fraction of sp³-hybridized carbons (Fsp3) is 0.529. The Hall–Kier alpha value is -1.31. The predicted molar refractivity (Wildman–Crippen MR) is 97.5 cm³/mol. The van der Waals surface area contributed by atoms with Gasteiger partial charge in [-0.3, -0.25) is 4.79 Å². The summed E-state index contributed by atoms with van der Waals surface area (Å²) in [5, 5.41) is 2.92. The van der Waals surface area contributed by atoms with Crippen LogP contribution in [0.25, 0.3) is 0 Å². The highest BCUT2D eigenvalue weighted by Crippen LogP contribution is 2.20. The van der Waals surface area contributed by atoms with Gasteiger partial charge in [0.25, 0.3) is 5.91 Å². The Morgan fingerprint density at radius 3 is 2.57 bits per heavy atom. The Morgan fingerprint density at radius 1 is 1.30 bits per heavy atom. The van der Waals surface area contributed by atoms with Gasteiger partial charge in [-0.2, -0.15) is 0 Å². The fourth-order valence-corrected chi connectivity index (χ4v) is 2.88. The van der Waals surface area contributed by atoms with E-state index in [9.17, 15) is 9.59 Å². The van der Waals surface area contributed by atoms with E-state index in [1.54, 1.807) is 17.0 Å². The molecule has 1 fully saturated rings. The lowest BCUT2D eigenvalue weighted by Gasteiger charge is -2.28. The third kappa shape index (κ3) is 5.37. The number of halogens is 1. The molecule has 1 aliphatic rings. The smallest absolute Gasteiger partial charge is 0.410 e. The molecule has 6 heteroatoms. The SMILES string of the molecule is CC(C)(C)OC(=O)N1CCCC1CNC(=O)c1ccc(I)cc1. The van der Waals surface area contributed by atoms with E-state index in [2.05, 4.69) is 27.9 Å². The van der Waals surface area contributed by atoms with E-state index < -0.39 is 5.60 Å². The number of nitrogens with one attached hydrogen (secondary N) is 1. The summed E-state index contributed by atoms with van der Waals surface area (Å²) in [5.74, 6) is -0.113. The van der Waals surface area contributed by atoms with Crippen molar-refractivity contribution in [1.29, 1.82) is 0 Å². The van der Waals surface area contributed by atoms with Gasteiger partial charge in [0.1, 0.15) is 5.60 Å². The summed E-state index contributed by atoms with van der Waals surface area (Å²) in [4.78, 5) is 26.1. The molecule has 1 atom stereocenters. The highest BCUT2D eigenvalue weighted by atomic mass is 127. The Morgan fingerprint density at radius 2 is 1.96 bits per heavy atom. The van der Waals surface area contributed by atoms with E-state index in [0.29, 0.717) is 18.7 Å². The number of hydrogen-bond donors (Lipinski definition) is 1. The Kier molecular flexibility index (Phi) is 5.89. The van der Waals surface area contributed by atoms with Crippen LogP contribution in [-0.2, 0) is 4.74 Å². The van der Waals surface area contributed by atoms with E-state index in [1.165, 1.54) is 0 Å². The second kappa shape index (κ2) is 7.51. The van der Waals surface area contributed by atoms with Gasteiger partial charge in [-0.1, -0.05) is 0 Å². The van der Waals surface area contributed by atoms with Gasteiger partial charge in [0, 0.05) is 22.2 Å². The molecular formula is C17H23IN2O3. The quantitative estimate of drug-likeness (QED) is 0.748. The summed E-state index contributed by atoms with van der Waals surface area (Å²) in [5.41, 5.74) is 0.126. The molecule has 0 bridgehead atoms. The number of benzene rings is 1. The van der Waals surface area contributed by atoms with Crippen molar-refractivity contribution < 1.29 is 14.3 Å². The third-order valence-electron chi connectivity index (χ3n) is 3.61. The normalized spacial score (nSPS) is 17.9. The molecule has 126 valence electrons. The van der Waals surface area contributed by atoms with Crippen molar-refractivity contribution in [3.8, 4) is 0 Å². The minimum Gasteiger partial charge on any atom is -0.444 e. The number of rotatable bonds is 3. The minimum absolute atomic E-state index is 0.00218. The molecule has 2 amide bonds. The van der Waals surface area contributed by atoms with Crippen LogP contribution in [0.4, 0.5) is 4.79 Å². The van der Waals surface area contributed by atoms with Crippen molar-refractivity contribution in [1.82, 2.24) is 10.2 Å².